The molecule has 0 saturated heterocycles. The van der Waals surface area contributed by atoms with Crippen molar-refractivity contribution >= 4 is 12.3 Å². The lowest BCUT2D eigenvalue weighted by Gasteiger charge is -2.28. The molecule has 19 heavy (non-hydrogen) atoms. The van der Waals surface area contributed by atoms with Gasteiger partial charge in [0.15, 0.2) is 0 Å². The number of aryl methyl sites for hydroxylation is 1. The maximum atomic E-state index is 11.7. The van der Waals surface area contributed by atoms with E-state index in [2.05, 4.69) is 0 Å². The van der Waals surface area contributed by atoms with Gasteiger partial charge in [0.1, 0.15) is 6.29 Å². The molecule has 0 aromatic heterocycles. The second-order valence-electron chi connectivity index (χ2n) is 5.15. The van der Waals surface area contributed by atoms with E-state index in [-0.39, 0.29) is 0 Å². The number of aldehydes is 1. The van der Waals surface area contributed by atoms with E-state index in [4.69, 9.17) is 0 Å². The molecule has 1 unspecified atom stereocenters. The van der Waals surface area contributed by atoms with Crippen molar-refractivity contribution in [3.05, 3.63) is 34.9 Å². The molecule has 0 aliphatic carbocycles. The van der Waals surface area contributed by atoms with Crippen LogP contribution in [0.15, 0.2) is 18.2 Å². The van der Waals surface area contributed by atoms with Crippen LogP contribution in [0, 0.1) is 6.92 Å². The van der Waals surface area contributed by atoms with E-state index in [0.717, 1.165) is 29.4 Å². The summed E-state index contributed by atoms with van der Waals surface area (Å²) in [4.78, 5) is 22.1. The number of unbranched alkanes of at least 4 members (excludes halogenated alkanes) is 1. The quantitative estimate of drug-likeness (QED) is 0.606. The maximum absolute atomic E-state index is 11.7. The number of rotatable bonds is 7. The zero-order chi connectivity index (χ0) is 14.5. The zero-order valence-corrected chi connectivity index (χ0v) is 11.9. The number of aliphatic carboxylic acids is 1. The minimum atomic E-state index is -0.916. The minimum absolute atomic E-state index is 0.413. The van der Waals surface area contributed by atoms with Crippen LogP contribution in [0.2, 0.25) is 0 Å². The third-order valence-corrected chi connectivity index (χ3v) is 3.83. The van der Waals surface area contributed by atoms with E-state index in [9.17, 15) is 14.7 Å². The van der Waals surface area contributed by atoms with Crippen LogP contribution in [-0.4, -0.2) is 17.4 Å². The standard InChI is InChI=1S/C16H22O3/c1-4-13-12(2)8-7-9-14(13)16(3,15(18)19)10-5-6-11-17/h7-9,11H,4-6,10H2,1-3H3,(H,18,19). The number of hydrogen-bond acceptors (Lipinski definition) is 2. The van der Waals surface area contributed by atoms with Crippen molar-refractivity contribution in [2.24, 2.45) is 0 Å². The highest BCUT2D eigenvalue weighted by atomic mass is 16.4. The smallest absolute Gasteiger partial charge is 0.313 e. The van der Waals surface area contributed by atoms with Crippen molar-refractivity contribution in [3.8, 4) is 0 Å². The monoisotopic (exact) mass is 262 g/mol. The van der Waals surface area contributed by atoms with E-state index < -0.39 is 11.4 Å². The van der Waals surface area contributed by atoms with Crippen LogP contribution in [0.1, 0.15) is 49.8 Å². The van der Waals surface area contributed by atoms with Gasteiger partial charge in [-0.25, -0.2) is 0 Å². The first-order chi connectivity index (χ1) is 8.97. The van der Waals surface area contributed by atoms with Gasteiger partial charge in [-0.3, -0.25) is 4.79 Å². The Morgan fingerprint density at radius 3 is 2.63 bits per heavy atom. The fourth-order valence-corrected chi connectivity index (χ4v) is 2.58. The first kappa shape index (κ1) is 15.4. The SMILES string of the molecule is CCc1c(C)cccc1C(C)(CCCC=O)C(=O)O. The summed E-state index contributed by atoms with van der Waals surface area (Å²) in [6.45, 7) is 5.81. The molecular formula is C16H22O3. The first-order valence-corrected chi connectivity index (χ1v) is 6.73. The van der Waals surface area contributed by atoms with E-state index in [0.29, 0.717) is 19.3 Å². The molecule has 0 aliphatic rings. The molecule has 3 heteroatoms. The Morgan fingerprint density at radius 2 is 2.11 bits per heavy atom. The number of carboxylic acid groups (broad SMARTS) is 1. The Morgan fingerprint density at radius 1 is 1.42 bits per heavy atom. The van der Waals surface area contributed by atoms with Crippen LogP contribution < -0.4 is 0 Å². The van der Waals surface area contributed by atoms with Gasteiger partial charge in [0.25, 0.3) is 0 Å². The van der Waals surface area contributed by atoms with Crippen molar-refractivity contribution in [2.45, 2.75) is 51.9 Å². The predicted molar refractivity (Wildman–Crippen MR) is 75.5 cm³/mol. The normalized spacial score (nSPS) is 13.8. The third kappa shape index (κ3) is 3.22. The fourth-order valence-electron chi connectivity index (χ4n) is 2.58. The van der Waals surface area contributed by atoms with Gasteiger partial charge in [-0.15, -0.1) is 0 Å². The lowest BCUT2D eigenvalue weighted by atomic mass is 9.75. The zero-order valence-electron chi connectivity index (χ0n) is 11.9. The van der Waals surface area contributed by atoms with Crippen molar-refractivity contribution in [3.63, 3.8) is 0 Å². The third-order valence-electron chi connectivity index (χ3n) is 3.83. The summed E-state index contributed by atoms with van der Waals surface area (Å²) in [5.74, 6) is -0.821. The first-order valence-electron chi connectivity index (χ1n) is 6.73. The summed E-state index contributed by atoms with van der Waals surface area (Å²) in [6, 6.07) is 5.82. The van der Waals surface area contributed by atoms with Gasteiger partial charge < -0.3 is 9.90 Å². The van der Waals surface area contributed by atoms with Crippen molar-refractivity contribution in [2.75, 3.05) is 0 Å². The van der Waals surface area contributed by atoms with Crippen LogP contribution in [0.3, 0.4) is 0 Å². The van der Waals surface area contributed by atoms with Crippen molar-refractivity contribution < 1.29 is 14.7 Å². The highest BCUT2D eigenvalue weighted by Crippen LogP contribution is 2.34. The molecule has 104 valence electrons. The molecule has 0 aliphatic heterocycles. The number of carboxylic acids is 1. The summed E-state index contributed by atoms with van der Waals surface area (Å²) in [5.41, 5.74) is 2.20. The summed E-state index contributed by atoms with van der Waals surface area (Å²) in [7, 11) is 0. The van der Waals surface area contributed by atoms with E-state index in [1.165, 1.54) is 0 Å². The lowest BCUT2D eigenvalue weighted by Crippen LogP contribution is -2.33. The highest BCUT2D eigenvalue weighted by molar-refractivity contribution is 5.81. The Bertz CT molecular complexity index is 465. The van der Waals surface area contributed by atoms with Gasteiger partial charge in [0.2, 0.25) is 0 Å². The lowest BCUT2D eigenvalue weighted by molar-refractivity contribution is -0.143. The summed E-state index contributed by atoms with van der Waals surface area (Å²) >= 11 is 0. The van der Waals surface area contributed by atoms with E-state index >= 15 is 0 Å². The van der Waals surface area contributed by atoms with Gasteiger partial charge in [-0.2, -0.15) is 0 Å². The molecule has 1 rings (SSSR count). The van der Waals surface area contributed by atoms with Gasteiger partial charge in [-0.1, -0.05) is 25.1 Å². The molecular weight excluding hydrogens is 240 g/mol. The molecule has 0 saturated carbocycles. The van der Waals surface area contributed by atoms with Crippen LogP contribution in [0.25, 0.3) is 0 Å². The Labute approximate surface area is 114 Å². The molecule has 0 amide bonds. The largest absolute Gasteiger partial charge is 0.481 e. The van der Waals surface area contributed by atoms with E-state index in [1.54, 1.807) is 6.92 Å². The molecule has 0 heterocycles. The van der Waals surface area contributed by atoms with Gasteiger partial charge in [-0.05, 0) is 49.8 Å². The summed E-state index contributed by atoms with van der Waals surface area (Å²) in [6.07, 6.45) is 3.16. The predicted octanol–water partition coefficient (Wildman–Crippen LogP) is 3.27. The molecule has 1 aromatic rings. The van der Waals surface area contributed by atoms with Gasteiger partial charge in [0.05, 0.1) is 5.41 Å². The van der Waals surface area contributed by atoms with Crippen molar-refractivity contribution in [1.82, 2.24) is 0 Å². The van der Waals surface area contributed by atoms with Crippen molar-refractivity contribution in [1.29, 1.82) is 0 Å². The number of hydrogen-bond donors (Lipinski definition) is 1. The molecule has 1 atom stereocenters. The molecule has 0 fully saturated rings. The number of benzene rings is 1. The molecule has 0 bridgehead atoms. The molecule has 0 radical (unpaired) electrons. The second-order valence-corrected chi connectivity index (χ2v) is 5.15. The topological polar surface area (TPSA) is 54.4 Å². The van der Waals surface area contributed by atoms with Crippen LogP contribution in [-0.2, 0) is 21.4 Å². The second kappa shape index (κ2) is 6.50. The maximum Gasteiger partial charge on any atom is 0.313 e. The Balaban J connectivity index is 3.22. The van der Waals surface area contributed by atoms with Crippen LogP contribution >= 0.6 is 0 Å². The van der Waals surface area contributed by atoms with Crippen LogP contribution in [0.5, 0.6) is 0 Å². The van der Waals surface area contributed by atoms with Gasteiger partial charge in [0, 0.05) is 6.42 Å². The minimum Gasteiger partial charge on any atom is -0.481 e. The summed E-state index contributed by atoms with van der Waals surface area (Å²) in [5, 5.41) is 9.61. The van der Waals surface area contributed by atoms with Crippen LogP contribution in [0.4, 0.5) is 0 Å². The highest BCUT2D eigenvalue weighted by Gasteiger charge is 2.36. The fraction of sp³-hybridized carbons (Fsp3) is 0.500. The average Bonchev–Trinajstić information content (AvgIpc) is 2.38. The molecule has 3 nitrogen and oxygen atoms in total. The molecule has 1 N–H and O–H groups in total. The number of carbonyl (C=O) groups excluding carboxylic acids is 1. The molecule has 0 spiro atoms. The van der Waals surface area contributed by atoms with Gasteiger partial charge >= 0.3 is 5.97 Å². The summed E-state index contributed by atoms with van der Waals surface area (Å²) < 4.78 is 0. The molecule has 1 aromatic carbocycles. The van der Waals surface area contributed by atoms with E-state index in [1.807, 2.05) is 32.0 Å². The Kier molecular flexibility index (Phi) is 5.28. The average molecular weight is 262 g/mol. The Hall–Kier alpha value is -1.64. The number of carbonyl (C=O) groups is 2.